The molecule has 0 aliphatic rings. The maximum Gasteiger partial charge on any atom is 0.261 e. The number of carbonyl (C=O) groups is 2. The van der Waals surface area contributed by atoms with Crippen molar-refractivity contribution in [1.29, 1.82) is 0 Å². The molecular formula is C24H30BrClN2O3. The number of hydrogen-bond acceptors (Lipinski definition) is 3. The maximum atomic E-state index is 13.1. The first-order chi connectivity index (χ1) is 14.6. The van der Waals surface area contributed by atoms with Gasteiger partial charge in [-0.3, -0.25) is 9.59 Å². The first-order valence-corrected chi connectivity index (χ1v) is 11.5. The van der Waals surface area contributed by atoms with Crippen LogP contribution in [0.25, 0.3) is 0 Å². The molecular weight excluding hydrogens is 480 g/mol. The minimum atomic E-state index is -0.637. The van der Waals surface area contributed by atoms with Crippen molar-refractivity contribution in [3.8, 4) is 5.75 Å². The highest BCUT2D eigenvalue weighted by Crippen LogP contribution is 2.26. The molecule has 0 unspecified atom stereocenters. The summed E-state index contributed by atoms with van der Waals surface area (Å²) in [5.41, 5.74) is 2.70. The Morgan fingerprint density at radius 3 is 2.26 bits per heavy atom. The molecule has 2 amide bonds. The predicted molar refractivity (Wildman–Crippen MR) is 128 cm³/mol. The van der Waals surface area contributed by atoms with Crippen LogP contribution in [-0.4, -0.2) is 35.4 Å². The van der Waals surface area contributed by atoms with Gasteiger partial charge in [0.05, 0.1) is 0 Å². The molecule has 2 rings (SSSR count). The number of benzene rings is 2. The van der Waals surface area contributed by atoms with Gasteiger partial charge in [0.1, 0.15) is 11.8 Å². The molecule has 5 nitrogen and oxygen atoms in total. The third-order valence-electron chi connectivity index (χ3n) is 5.21. The minimum absolute atomic E-state index is 0.0378. The summed E-state index contributed by atoms with van der Waals surface area (Å²) >= 11 is 9.64. The number of rotatable bonds is 9. The van der Waals surface area contributed by atoms with E-state index in [1.165, 1.54) is 0 Å². The fourth-order valence-corrected chi connectivity index (χ4v) is 3.43. The molecule has 168 valence electrons. The molecule has 0 heterocycles. The molecule has 0 saturated heterocycles. The molecule has 0 aliphatic carbocycles. The standard InChI is InChI=1S/C24H30BrClN2O3/c1-6-17(4)27-24(30)18(5)28(13-19-7-9-20(25)10-8-19)22(29)14-31-21-11-15(2)23(26)16(3)12-21/h7-12,17-18H,6,13-14H2,1-5H3,(H,27,30)/t17-,18-/m0/s1. The monoisotopic (exact) mass is 508 g/mol. The number of amides is 2. The lowest BCUT2D eigenvalue weighted by Gasteiger charge is -2.29. The summed E-state index contributed by atoms with van der Waals surface area (Å²) in [4.78, 5) is 27.4. The normalized spacial score (nSPS) is 12.7. The molecule has 0 spiro atoms. The van der Waals surface area contributed by atoms with Crippen molar-refractivity contribution in [1.82, 2.24) is 10.2 Å². The molecule has 0 radical (unpaired) electrons. The quantitative estimate of drug-likeness (QED) is 0.490. The van der Waals surface area contributed by atoms with Crippen LogP contribution >= 0.6 is 27.5 Å². The van der Waals surface area contributed by atoms with E-state index < -0.39 is 6.04 Å². The van der Waals surface area contributed by atoms with Crippen LogP contribution in [0.15, 0.2) is 40.9 Å². The van der Waals surface area contributed by atoms with E-state index in [9.17, 15) is 9.59 Å². The Morgan fingerprint density at radius 1 is 1.13 bits per heavy atom. The van der Waals surface area contributed by atoms with Crippen molar-refractivity contribution in [2.75, 3.05) is 6.61 Å². The number of nitrogens with one attached hydrogen (secondary N) is 1. The summed E-state index contributed by atoms with van der Waals surface area (Å²) in [6, 6.07) is 10.7. The molecule has 31 heavy (non-hydrogen) atoms. The number of halogens is 2. The number of hydrogen-bond donors (Lipinski definition) is 1. The highest BCUT2D eigenvalue weighted by atomic mass is 79.9. The Hall–Kier alpha value is -2.05. The lowest BCUT2D eigenvalue weighted by atomic mass is 10.1. The van der Waals surface area contributed by atoms with Crippen LogP contribution in [0.1, 0.15) is 43.9 Å². The highest BCUT2D eigenvalue weighted by molar-refractivity contribution is 9.10. The Kier molecular flexibility index (Phi) is 9.38. The van der Waals surface area contributed by atoms with Crippen LogP contribution < -0.4 is 10.1 Å². The average Bonchev–Trinajstić information content (AvgIpc) is 2.74. The summed E-state index contributed by atoms with van der Waals surface area (Å²) in [7, 11) is 0. The Bertz CT molecular complexity index is 895. The van der Waals surface area contributed by atoms with Crippen LogP contribution in [0, 0.1) is 13.8 Å². The summed E-state index contributed by atoms with van der Waals surface area (Å²) in [6.45, 7) is 9.62. The number of carbonyl (C=O) groups excluding carboxylic acids is 2. The van der Waals surface area contributed by atoms with Gasteiger partial charge in [-0.25, -0.2) is 0 Å². The summed E-state index contributed by atoms with van der Waals surface area (Å²) in [6.07, 6.45) is 0.817. The molecule has 0 aliphatic heterocycles. The summed E-state index contributed by atoms with van der Waals surface area (Å²) in [5, 5.41) is 3.64. The smallest absolute Gasteiger partial charge is 0.261 e. The van der Waals surface area contributed by atoms with Crippen molar-refractivity contribution < 1.29 is 14.3 Å². The van der Waals surface area contributed by atoms with E-state index in [1.54, 1.807) is 24.0 Å². The predicted octanol–water partition coefficient (Wildman–Crippen LogP) is 5.43. The van der Waals surface area contributed by atoms with Gasteiger partial charge in [0.25, 0.3) is 5.91 Å². The van der Waals surface area contributed by atoms with Crippen molar-refractivity contribution in [3.05, 3.63) is 62.6 Å². The first kappa shape index (κ1) is 25.2. The molecule has 2 atom stereocenters. The first-order valence-electron chi connectivity index (χ1n) is 10.4. The number of aryl methyl sites for hydroxylation is 2. The van der Waals surface area contributed by atoms with Gasteiger partial charge < -0.3 is 15.0 Å². The summed E-state index contributed by atoms with van der Waals surface area (Å²) in [5.74, 6) is 0.131. The lowest BCUT2D eigenvalue weighted by Crippen LogP contribution is -2.50. The number of nitrogens with zero attached hydrogens (tertiary/aromatic N) is 1. The molecule has 0 bridgehead atoms. The van der Waals surface area contributed by atoms with E-state index in [0.717, 1.165) is 27.6 Å². The average molecular weight is 510 g/mol. The zero-order valence-corrected chi connectivity index (χ0v) is 21.0. The zero-order valence-electron chi connectivity index (χ0n) is 18.7. The van der Waals surface area contributed by atoms with E-state index in [0.29, 0.717) is 17.3 Å². The van der Waals surface area contributed by atoms with Gasteiger partial charge >= 0.3 is 0 Å². The van der Waals surface area contributed by atoms with E-state index in [4.69, 9.17) is 16.3 Å². The molecule has 0 aromatic heterocycles. The Labute approximate surface area is 198 Å². The van der Waals surface area contributed by atoms with E-state index in [2.05, 4.69) is 21.2 Å². The second kappa shape index (κ2) is 11.5. The lowest BCUT2D eigenvalue weighted by molar-refractivity contribution is -0.142. The van der Waals surface area contributed by atoms with Gasteiger partial charge in [-0.2, -0.15) is 0 Å². The molecule has 0 fully saturated rings. The van der Waals surface area contributed by atoms with Gasteiger partial charge in [-0.05, 0) is 75.1 Å². The Balaban J connectivity index is 2.18. The van der Waals surface area contributed by atoms with Crippen LogP contribution in [-0.2, 0) is 16.1 Å². The van der Waals surface area contributed by atoms with Crippen LogP contribution in [0.3, 0.4) is 0 Å². The van der Waals surface area contributed by atoms with Crippen LogP contribution in [0.5, 0.6) is 5.75 Å². The molecule has 0 saturated carbocycles. The second-order valence-electron chi connectivity index (χ2n) is 7.80. The fourth-order valence-electron chi connectivity index (χ4n) is 3.05. The zero-order chi connectivity index (χ0) is 23.1. The third-order valence-corrected chi connectivity index (χ3v) is 6.33. The third kappa shape index (κ3) is 7.25. The second-order valence-corrected chi connectivity index (χ2v) is 9.10. The topological polar surface area (TPSA) is 58.6 Å². The van der Waals surface area contributed by atoms with Crippen LogP contribution in [0.4, 0.5) is 0 Å². The molecule has 2 aromatic carbocycles. The maximum absolute atomic E-state index is 13.1. The van der Waals surface area contributed by atoms with Crippen molar-refractivity contribution in [2.45, 2.75) is 59.7 Å². The van der Waals surface area contributed by atoms with Gasteiger partial charge in [0.2, 0.25) is 5.91 Å². The molecule has 7 heteroatoms. The van der Waals surface area contributed by atoms with Crippen LogP contribution in [0.2, 0.25) is 5.02 Å². The van der Waals surface area contributed by atoms with Gasteiger partial charge in [-0.15, -0.1) is 0 Å². The molecule has 1 N–H and O–H groups in total. The van der Waals surface area contributed by atoms with E-state index in [1.807, 2.05) is 52.0 Å². The highest BCUT2D eigenvalue weighted by Gasteiger charge is 2.27. The van der Waals surface area contributed by atoms with Crippen molar-refractivity contribution >= 4 is 39.3 Å². The Morgan fingerprint density at radius 2 is 1.71 bits per heavy atom. The largest absolute Gasteiger partial charge is 0.484 e. The van der Waals surface area contributed by atoms with Crippen molar-refractivity contribution in [3.63, 3.8) is 0 Å². The van der Waals surface area contributed by atoms with E-state index >= 15 is 0 Å². The van der Waals surface area contributed by atoms with Gasteiger partial charge in [0, 0.05) is 22.1 Å². The van der Waals surface area contributed by atoms with Crippen molar-refractivity contribution in [2.24, 2.45) is 0 Å². The molecule has 2 aromatic rings. The fraction of sp³-hybridized carbons (Fsp3) is 0.417. The SMILES string of the molecule is CC[C@H](C)NC(=O)[C@H](C)N(Cc1ccc(Br)cc1)C(=O)COc1cc(C)c(Cl)c(C)c1. The van der Waals surface area contributed by atoms with E-state index in [-0.39, 0.29) is 24.5 Å². The van der Waals surface area contributed by atoms with Gasteiger partial charge in [0.15, 0.2) is 6.61 Å². The summed E-state index contributed by atoms with van der Waals surface area (Å²) < 4.78 is 6.72. The number of ether oxygens (including phenoxy) is 1. The van der Waals surface area contributed by atoms with Gasteiger partial charge in [-0.1, -0.05) is 46.6 Å². The minimum Gasteiger partial charge on any atom is -0.484 e.